The normalized spacial score (nSPS) is 15.4. The van der Waals surface area contributed by atoms with Crippen molar-refractivity contribution in [3.63, 3.8) is 0 Å². The van der Waals surface area contributed by atoms with Gasteiger partial charge >= 0.3 is 0 Å². The third-order valence-electron chi connectivity index (χ3n) is 4.06. The Morgan fingerprint density at radius 1 is 1.38 bits per heavy atom. The number of aryl methyl sites for hydroxylation is 2. The molecule has 1 aromatic heterocycles. The van der Waals surface area contributed by atoms with Gasteiger partial charge in [0.05, 0.1) is 6.20 Å². The first-order chi connectivity index (χ1) is 10.1. The molecule has 2 aromatic rings. The van der Waals surface area contributed by atoms with E-state index < -0.39 is 0 Å². The van der Waals surface area contributed by atoms with Gasteiger partial charge in [0.1, 0.15) is 0 Å². The van der Waals surface area contributed by atoms with E-state index in [1.807, 2.05) is 19.2 Å². The number of amides is 1. The molecule has 0 saturated carbocycles. The van der Waals surface area contributed by atoms with Gasteiger partial charge < -0.3 is 10.6 Å². The van der Waals surface area contributed by atoms with Crippen LogP contribution < -0.4 is 10.6 Å². The fourth-order valence-corrected chi connectivity index (χ4v) is 2.61. The molecule has 1 unspecified atom stereocenters. The standard InChI is InChI=1S/C16H20N4O/c1-10(17-8-14-9-18-20-11(14)2)12-3-5-15-13(7-12)4-6-16(21)19-15/h3,5,7,9-10,17H,4,6,8H2,1-2H3,(H,18,20)(H,19,21). The number of aromatic amines is 1. The van der Waals surface area contributed by atoms with E-state index in [9.17, 15) is 4.79 Å². The number of aromatic nitrogens is 2. The number of nitrogens with one attached hydrogen (secondary N) is 3. The van der Waals surface area contributed by atoms with Crippen LogP contribution in [0.5, 0.6) is 0 Å². The van der Waals surface area contributed by atoms with E-state index in [0.717, 1.165) is 24.3 Å². The van der Waals surface area contributed by atoms with Crippen molar-refractivity contribution in [1.29, 1.82) is 0 Å². The maximum absolute atomic E-state index is 11.4. The minimum atomic E-state index is 0.108. The summed E-state index contributed by atoms with van der Waals surface area (Å²) >= 11 is 0. The molecule has 21 heavy (non-hydrogen) atoms. The maximum atomic E-state index is 11.4. The number of carbonyl (C=O) groups is 1. The van der Waals surface area contributed by atoms with Crippen LogP contribution in [-0.2, 0) is 17.8 Å². The molecule has 3 rings (SSSR count). The van der Waals surface area contributed by atoms with Crippen LogP contribution in [0.25, 0.3) is 0 Å². The molecule has 1 atom stereocenters. The molecule has 0 fully saturated rings. The predicted octanol–water partition coefficient (Wildman–Crippen LogP) is 2.45. The van der Waals surface area contributed by atoms with Gasteiger partial charge in [-0.15, -0.1) is 0 Å². The summed E-state index contributed by atoms with van der Waals surface area (Å²) in [4.78, 5) is 11.4. The maximum Gasteiger partial charge on any atom is 0.224 e. The first-order valence-corrected chi connectivity index (χ1v) is 7.28. The van der Waals surface area contributed by atoms with Crippen molar-refractivity contribution in [2.24, 2.45) is 0 Å². The molecule has 1 amide bonds. The second-order valence-electron chi connectivity index (χ2n) is 5.59. The molecule has 0 aliphatic carbocycles. The Hall–Kier alpha value is -2.14. The van der Waals surface area contributed by atoms with Crippen LogP contribution in [0.4, 0.5) is 5.69 Å². The Balaban J connectivity index is 1.69. The lowest BCUT2D eigenvalue weighted by molar-refractivity contribution is -0.116. The Labute approximate surface area is 124 Å². The zero-order valence-corrected chi connectivity index (χ0v) is 12.4. The quantitative estimate of drug-likeness (QED) is 0.807. The second kappa shape index (κ2) is 5.69. The average Bonchev–Trinajstić information content (AvgIpc) is 2.89. The topological polar surface area (TPSA) is 69.8 Å². The summed E-state index contributed by atoms with van der Waals surface area (Å²) in [5.74, 6) is 0.108. The van der Waals surface area contributed by atoms with Gasteiger partial charge in [0, 0.05) is 36.0 Å². The Morgan fingerprint density at radius 2 is 2.24 bits per heavy atom. The fraction of sp³-hybridized carbons (Fsp3) is 0.375. The highest BCUT2D eigenvalue weighted by Crippen LogP contribution is 2.26. The van der Waals surface area contributed by atoms with Crippen LogP contribution in [0, 0.1) is 6.92 Å². The lowest BCUT2D eigenvalue weighted by atomic mass is 9.97. The summed E-state index contributed by atoms with van der Waals surface area (Å²) < 4.78 is 0. The van der Waals surface area contributed by atoms with Gasteiger partial charge in [-0.1, -0.05) is 12.1 Å². The van der Waals surface area contributed by atoms with Crippen LogP contribution in [0.1, 0.15) is 41.8 Å². The van der Waals surface area contributed by atoms with E-state index in [4.69, 9.17) is 0 Å². The molecule has 5 nitrogen and oxygen atoms in total. The number of carbonyl (C=O) groups excluding carboxylic acids is 1. The highest BCUT2D eigenvalue weighted by Gasteiger charge is 2.16. The number of hydrogen-bond donors (Lipinski definition) is 3. The van der Waals surface area contributed by atoms with E-state index in [1.165, 1.54) is 16.7 Å². The monoisotopic (exact) mass is 284 g/mol. The fourth-order valence-electron chi connectivity index (χ4n) is 2.61. The predicted molar refractivity (Wildman–Crippen MR) is 82.0 cm³/mol. The largest absolute Gasteiger partial charge is 0.326 e. The molecular weight excluding hydrogens is 264 g/mol. The minimum Gasteiger partial charge on any atom is -0.326 e. The van der Waals surface area contributed by atoms with Crippen molar-refractivity contribution in [2.75, 3.05) is 5.32 Å². The van der Waals surface area contributed by atoms with Crippen molar-refractivity contribution in [1.82, 2.24) is 15.5 Å². The summed E-state index contributed by atoms with van der Waals surface area (Å²) in [5.41, 5.74) is 5.70. The molecule has 2 heterocycles. The van der Waals surface area contributed by atoms with Crippen molar-refractivity contribution in [3.8, 4) is 0 Å². The van der Waals surface area contributed by atoms with Crippen molar-refractivity contribution < 1.29 is 4.79 Å². The van der Waals surface area contributed by atoms with Gasteiger partial charge in [-0.2, -0.15) is 5.10 Å². The van der Waals surface area contributed by atoms with Crippen LogP contribution >= 0.6 is 0 Å². The molecule has 1 aliphatic rings. The van der Waals surface area contributed by atoms with Gasteiger partial charge in [0.25, 0.3) is 0 Å². The number of benzene rings is 1. The third kappa shape index (κ3) is 2.97. The van der Waals surface area contributed by atoms with E-state index in [2.05, 4.69) is 39.9 Å². The van der Waals surface area contributed by atoms with Crippen molar-refractivity contribution in [3.05, 3.63) is 46.8 Å². The molecule has 0 radical (unpaired) electrons. The third-order valence-corrected chi connectivity index (χ3v) is 4.06. The Kier molecular flexibility index (Phi) is 3.75. The second-order valence-corrected chi connectivity index (χ2v) is 5.59. The van der Waals surface area contributed by atoms with Gasteiger partial charge in [-0.05, 0) is 37.5 Å². The molecule has 110 valence electrons. The number of rotatable bonds is 4. The average molecular weight is 284 g/mol. The molecule has 0 spiro atoms. The summed E-state index contributed by atoms with van der Waals surface area (Å²) in [5, 5.41) is 13.4. The van der Waals surface area contributed by atoms with E-state index in [0.29, 0.717) is 6.42 Å². The summed E-state index contributed by atoms with van der Waals surface area (Å²) in [6, 6.07) is 6.52. The molecule has 0 saturated heterocycles. The van der Waals surface area contributed by atoms with Crippen LogP contribution in [0.3, 0.4) is 0 Å². The zero-order valence-electron chi connectivity index (χ0n) is 12.4. The van der Waals surface area contributed by atoms with Gasteiger partial charge in [0.15, 0.2) is 0 Å². The first-order valence-electron chi connectivity index (χ1n) is 7.28. The summed E-state index contributed by atoms with van der Waals surface area (Å²) in [6.07, 6.45) is 3.26. The SMILES string of the molecule is Cc1[nH]ncc1CNC(C)c1ccc2c(c1)CCC(=O)N2. The number of H-pyrrole nitrogens is 1. The molecular formula is C16H20N4O. The van der Waals surface area contributed by atoms with Crippen LogP contribution in [0.15, 0.2) is 24.4 Å². The molecule has 5 heteroatoms. The highest BCUT2D eigenvalue weighted by molar-refractivity contribution is 5.93. The number of hydrogen-bond acceptors (Lipinski definition) is 3. The lowest BCUT2D eigenvalue weighted by Crippen LogP contribution is -2.21. The zero-order chi connectivity index (χ0) is 14.8. The number of fused-ring (bicyclic) bond motifs is 1. The Morgan fingerprint density at radius 3 is 3.00 bits per heavy atom. The lowest BCUT2D eigenvalue weighted by Gasteiger charge is -2.20. The van der Waals surface area contributed by atoms with E-state index in [1.54, 1.807) is 0 Å². The molecule has 0 bridgehead atoms. The molecule has 3 N–H and O–H groups in total. The van der Waals surface area contributed by atoms with Crippen LogP contribution in [-0.4, -0.2) is 16.1 Å². The van der Waals surface area contributed by atoms with Crippen LogP contribution in [0.2, 0.25) is 0 Å². The minimum absolute atomic E-state index is 0.108. The Bertz CT molecular complexity index is 662. The smallest absolute Gasteiger partial charge is 0.224 e. The summed E-state index contributed by atoms with van der Waals surface area (Å²) in [6.45, 7) is 4.96. The van der Waals surface area contributed by atoms with Gasteiger partial charge in [0.2, 0.25) is 5.91 Å². The first kappa shape index (κ1) is 13.8. The molecule has 1 aromatic carbocycles. The van der Waals surface area contributed by atoms with E-state index >= 15 is 0 Å². The van der Waals surface area contributed by atoms with Gasteiger partial charge in [-0.25, -0.2) is 0 Å². The van der Waals surface area contributed by atoms with Gasteiger partial charge in [-0.3, -0.25) is 9.89 Å². The highest BCUT2D eigenvalue weighted by atomic mass is 16.1. The van der Waals surface area contributed by atoms with Crippen molar-refractivity contribution in [2.45, 2.75) is 39.3 Å². The number of nitrogens with zero attached hydrogens (tertiary/aromatic N) is 1. The van der Waals surface area contributed by atoms with E-state index in [-0.39, 0.29) is 11.9 Å². The number of anilines is 1. The molecule has 1 aliphatic heterocycles. The van der Waals surface area contributed by atoms with Crippen molar-refractivity contribution >= 4 is 11.6 Å². The summed E-state index contributed by atoms with van der Waals surface area (Å²) in [7, 11) is 0.